The van der Waals surface area contributed by atoms with Crippen LogP contribution in [0.2, 0.25) is 0 Å². The van der Waals surface area contributed by atoms with E-state index < -0.39 is 5.97 Å². The number of rotatable bonds is 7. The van der Waals surface area contributed by atoms with Gasteiger partial charge in [-0.3, -0.25) is 9.59 Å². The molecule has 0 atom stereocenters. The zero-order valence-electron chi connectivity index (χ0n) is 9.06. The molecule has 1 N–H and O–H groups in total. The summed E-state index contributed by atoms with van der Waals surface area (Å²) in [6.45, 7) is 0. The molecule has 0 unspecified atom stereocenters. The molecule has 0 amide bonds. The van der Waals surface area contributed by atoms with Crippen LogP contribution in [0.15, 0.2) is 11.4 Å². The Balaban J connectivity index is 2.38. The molecule has 1 aromatic rings. The standard InChI is InChI=1S/C11H14O4S/c1-15-9-6-7-16-11(9)8(12)4-2-3-5-10(13)14/h6-7H,2-5H2,1H3,(H,13,14). The highest BCUT2D eigenvalue weighted by Gasteiger charge is 2.13. The number of carbonyl (C=O) groups excluding carboxylic acids is 1. The van der Waals surface area contributed by atoms with Crippen LogP contribution in [0, 0.1) is 0 Å². The average Bonchev–Trinajstić information content (AvgIpc) is 2.71. The molecular formula is C11H14O4S. The van der Waals surface area contributed by atoms with Gasteiger partial charge in [0.1, 0.15) is 10.6 Å². The van der Waals surface area contributed by atoms with Crippen molar-refractivity contribution in [2.24, 2.45) is 0 Å². The molecule has 0 fully saturated rings. The van der Waals surface area contributed by atoms with E-state index in [0.29, 0.717) is 29.9 Å². The monoisotopic (exact) mass is 242 g/mol. The van der Waals surface area contributed by atoms with E-state index in [1.54, 1.807) is 6.07 Å². The lowest BCUT2D eigenvalue weighted by Gasteiger charge is -2.01. The zero-order valence-corrected chi connectivity index (χ0v) is 9.88. The first-order valence-corrected chi connectivity index (χ1v) is 5.89. The number of thiophene rings is 1. The van der Waals surface area contributed by atoms with Gasteiger partial charge in [-0.1, -0.05) is 0 Å². The summed E-state index contributed by atoms with van der Waals surface area (Å²) < 4.78 is 5.05. The molecule has 1 rings (SSSR count). The minimum Gasteiger partial charge on any atom is -0.495 e. The van der Waals surface area contributed by atoms with Gasteiger partial charge in [-0.25, -0.2) is 0 Å². The Morgan fingerprint density at radius 2 is 2.06 bits per heavy atom. The number of ether oxygens (including phenoxy) is 1. The summed E-state index contributed by atoms with van der Waals surface area (Å²) in [6, 6.07) is 1.76. The van der Waals surface area contributed by atoms with Gasteiger partial charge in [0.25, 0.3) is 0 Å². The first-order chi connectivity index (χ1) is 7.65. The van der Waals surface area contributed by atoms with Gasteiger partial charge in [0.15, 0.2) is 5.78 Å². The van der Waals surface area contributed by atoms with Gasteiger partial charge in [0.05, 0.1) is 7.11 Å². The average molecular weight is 242 g/mol. The Bertz CT molecular complexity index is 370. The third-order valence-electron chi connectivity index (χ3n) is 2.15. The maximum atomic E-state index is 11.7. The van der Waals surface area contributed by atoms with Gasteiger partial charge >= 0.3 is 5.97 Å². The summed E-state index contributed by atoms with van der Waals surface area (Å²) in [4.78, 5) is 22.6. The molecule has 5 heteroatoms. The van der Waals surface area contributed by atoms with Gasteiger partial charge in [0.2, 0.25) is 0 Å². The van der Waals surface area contributed by atoms with Crippen molar-refractivity contribution in [2.75, 3.05) is 7.11 Å². The molecule has 0 spiro atoms. The molecule has 4 nitrogen and oxygen atoms in total. The Morgan fingerprint density at radius 3 is 2.69 bits per heavy atom. The summed E-state index contributed by atoms with van der Waals surface area (Å²) in [7, 11) is 1.53. The molecular weight excluding hydrogens is 228 g/mol. The number of ketones is 1. The maximum absolute atomic E-state index is 11.7. The van der Waals surface area contributed by atoms with Crippen LogP contribution in [-0.2, 0) is 4.79 Å². The summed E-state index contributed by atoms with van der Waals surface area (Å²) in [5.41, 5.74) is 0. The summed E-state index contributed by atoms with van der Waals surface area (Å²) in [6.07, 6.45) is 1.64. The van der Waals surface area contributed by atoms with Gasteiger partial charge in [-0.2, -0.15) is 0 Å². The van der Waals surface area contributed by atoms with Gasteiger partial charge < -0.3 is 9.84 Å². The Labute approximate surface area is 97.9 Å². The molecule has 16 heavy (non-hydrogen) atoms. The summed E-state index contributed by atoms with van der Waals surface area (Å²) >= 11 is 1.36. The van der Waals surface area contributed by atoms with Gasteiger partial charge in [-0.05, 0) is 24.3 Å². The second-order valence-electron chi connectivity index (χ2n) is 3.34. The predicted octanol–water partition coefficient (Wildman–Crippen LogP) is 2.58. The van der Waals surface area contributed by atoms with Crippen LogP contribution < -0.4 is 4.74 Å². The molecule has 0 aliphatic heterocycles. The zero-order chi connectivity index (χ0) is 12.0. The molecule has 0 radical (unpaired) electrons. The Hall–Kier alpha value is -1.36. The molecule has 1 aromatic heterocycles. The fraction of sp³-hybridized carbons (Fsp3) is 0.455. The molecule has 0 saturated heterocycles. The number of unbranched alkanes of at least 4 members (excludes halogenated alkanes) is 1. The van der Waals surface area contributed by atoms with Crippen molar-refractivity contribution in [1.29, 1.82) is 0 Å². The van der Waals surface area contributed by atoms with E-state index in [1.807, 2.05) is 5.38 Å². The van der Waals surface area contributed by atoms with Crippen molar-refractivity contribution >= 4 is 23.1 Å². The fourth-order valence-electron chi connectivity index (χ4n) is 1.34. The molecule has 0 saturated carbocycles. The van der Waals surface area contributed by atoms with Crippen LogP contribution in [0.25, 0.3) is 0 Å². The number of Topliss-reactive ketones (excluding diaryl/α,β-unsaturated/α-hetero) is 1. The van der Waals surface area contributed by atoms with Crippen LogP contribution >= 0.6 is 11.3 Å². The number of carboxylic acid groups (broad SMARTS) is 1. The third-order valence-corrected chi connectivity index (χ3v) is 3.08. The van der Waals surface area contributed by atoms with Crippen molar-refractivity contribution in [3.8, 4) is 5.75 Å². The van der Waals surface area contributed by atoms with Crippen LogP contribution in [-0.4, -0.2) is 24.0 Å². The lowest BCUT2D eigenvalue weighted by Crippen LogP contribution is -2.00. The van der Waals surface area contributed by atoms with E-state index in [1.165, 1.54) is 18.4 Å². The molecule has 0 aromatic carbocycles. The number of methoxy groups -OCH3 is 1. The number of aliphatic carboxylic acids is 1. The van der Waals surface area contributed by atoms with Crippen LogP contribution in [0.1, 0.15) is 35.4 Å². The molecule has 0 aliphatic carbocycles. The molecule has 0 bridgehead atoms. The SMILES string of the molecule is COc1ccsc1C(=O)CCCCC(=O)O. The van der Waals surface area contributed by atoms with Crippen LogP contribution in [0.5, 0.6) is 5.75 Å². The normalized spacial score (nSPS) is 10.1. The first kappa shape index (κ1) is 12.7. The maximum Gasteiger partial charge on any atom is 0.303 e. The van der Waals surface area contributed by atoms with Crippen molar-refractivity contribution in [1.82, 2.24) is 0 Å². The first-order valence-electron chi connectivity index (χ1n) is 5.01. The Kier molecular flexibility index (Phi) is 4.98. The largest absolute Gasteiger partial charge is 0.495 e. The van der Waals surface area contributed by atoms with Gasteiger partial charge in [-0.15, -0.1) is 11.3 Å². The topological polar surface area (TPSA) is 63.6 Å². The van der Waals surface area contributed by atoms with E-state index in [0.717, 1.165) is 0 Å². The van der Waals surface area contributed by atoms with Crippen molar-refractivity contribution < 1.29 is 19.4 Å². The minimum atomic E-state index is -0.818. The molecule has 88 valence electrons. The second kappa shape index (κ2) is 6.27. The number of hydrogen-bond acceptors (Lipinski definition) is 4. The van der Waals surface area contributed by atoms with Crippen molar-refractivity contribution in [2.45, 2.75) is 25.7 Å². The fourth-order valence-corrected chi connectivity index (χ4v) is 2.17. The van der Waals surface area contributed by atoms with E-state index in [2.05, 4.69) is 0 Å². The summed E-state index contributed by atoms with van der Waals surface area (Å²) in [5, 5.41) is 10.3. The lowest BCUT2D eigenvalue weighted by atomic mass is 10.1. The number of hydrogen-bond donors (Lipinski definition) is 1. The minimum absolute atomic E-state index is 0.0252. The highest BCUT2D eigenvalue weighted by atomic mass is 32.1. The quantitative estimate of drug-likeness (QED) is 0.589. The molecule has 0 aliphatic rings. The van der Waals surface area contributed by atoms with E-state index in [4.69, 9.17) is 9.84 Å². The highest BCUT2D eigenvalue weighted by molar-refractivity contribution is 7.12. The van der Waals surface area contributed by atoms with Crippen LogP contribution in [0.4, 0.5) is 0 Å². The third kappa shape index (κ3) is 3.66. The van der Waals surface area contributed by atoms with E-state index in [9.17, 15) is 9.59 Å². The summed E-state index contributed by atoms with van der Waals surface area (Å²) in [5.74, 6) is -0.188. The van der Waals surface area contributed by atoms with E-state index in [-0.39, 0.29) is 12.2 Å². The highest BCUT2D eigenvalue weighted by Crippen LogP contribution is 2.26. The van der Waals surface area contributed by atoms with Crippen LogP contribution in [0.3, 0.4) is 0 Å². The Morgan fingerprint density at radius 1 is 1.38 bits per heavy atom. The van der Waals surface area contributed by atoms with Gasteiger partial charge in [0, 0.05) is 12.8 Å². The van der Waals surface area contributed by atoms with E-state index >= 15 is 0 Å². The second-order valence-corrected chi connectivity index (χ2v) is 4.26. The van der Waals surface area contributed by atoms with Crippen molar-refractivity contribution in [3.63, 3.8) is 0 Å². The smallest absolute Gasteiger partial charge is 0.303 e. The van der Waals surface area contributed by atoms with Crippen molar-refractivity contribution in [3.05, 3.63) is 16.3 Å². The number of carbonyl (C=O) groups is 2. The predicted molar refractivity (Wildman–Crippen MR) is 61.3 cm³/mol. The lowest BCUT2D eigenvalue weighted by molar-refractivity contribution is -0.137. The molecule has 1 heterocycles. The number of carboxylic acids is 1.